The second-order valence-corrected chi connectivity index (χ2v) is 7.27. The molecule has 0 amide bonds. The lowest BCUT2D eigenvalue weighted by Gasteiger charge is -2.40. The highest BCUT2D eigenvalue weighted by molar-refractivity contribution is 5.21. The molecule has 2 aliphatic rings. The number of β-amino-alcohol motifs (C(OH)–C–C–N with tert-alkyl or cyclic N) is 1. The first-order valence-corrected chi connectivity index (χ1v) is 8.94. The van der Waals surface area contributed by atoms with E-state index in [0.717, 1.165) is 50.9 Å². The fourth-order valence-corrected chi connectivity index (χ4v) is 3.75. The van der Waals surface area contributed by atoms with Gasteiger partial charge in [-0.25, -0.2) is 0 Å². The third-order valence-corrected chi connectivity index (χ3v) is 5.25. The van der Waals surface area contributed by atoms with E-state index in [-0.39, 0.29) is 0 Å². The number of hydrogen-bond acceptors (Lipinski definition) is 4. The quantitative estimate of drug-likeness (QED) is 0.900. The van der Waals surface area contributed by atoms with Gasteiger partial charge in [-0.05, 0) is 31.2 Å². The normalized spacial score (nSPS) is 24.4. The van der Waals surface area contributed by atoms with Crippen LogP contribution in [0.25, 0.3) is 0 Å². The van der Waals surface area contributed by atoms with Crippen LogP contribution >= 0.6 is 0 Å². The van der Waals surface area contributed by atoms with E-state index in [1.165, 1.54) is 19.4 Å². The second kappa shape index (κ2) is 7.75. The van der Waals surface area contributed by atoms with Crippen molar-refractivity contribution >= 4 is 0 Å². The summed E-state index contributed by atoms with van der Waals surface area (Å²) >= 11 is 0. The van der Waals surface area contributed by atoms with Crippen LogP contribution in [-0.2, 0) is 10.3 Å². The van der Waals surface area contributed by atoms with Crippen molar-refractivity contribution in [3.8, 4) is 0 Å². The zero-order valence-corrected chi connectivity index (χ0v) is 14.3. The van der Waals surface area contributed by atoms with Crippen LogP contribution in [0, 0.1) is 5.92 Å². The molecule has 0 aromatic heterocycles. The number of nitrogens with zero attached hydrogens (tertiary/aromatic N) is 2. The van der Waals surface area contributed by atoms with E-state index >= 15 is 0 Å². The monoisotopic (exact) mass is 318 g/mol. The van der Waals surface area contributed by atoms with Gasteiger partial charge in [0, 0.05) is 52.5 Å². The molecule has 0 bridgehead atoms. The lowest BCUT2D eigenvalue weighted by molar-refractivity contribution is -0.00526. The van der Waals surface area contributed by atoms with E-state index in [1.807, 2.05) is 37.3 Å². The van der Waals surface area contributed by atoms with Crippen molar-refractivity contribution in [1.82, 2.24) is 9.80 Å². The first kappa shape index (κ1) is 16.9. The molecule has 2 heterocycles. The highest BCUT2D eigenvalue weighted by Gasteiger charge is 2.28. The predicted octanol–water partition coefficient (Wildman–Crippen LogP) is 1.94. The van der Waals surface area contributed by atoms with Gasteiger partial charge in [0.25, 0.3) is 0 Å². The molecule has 4 heteroatoms. The van der Waals surface area contributed by atoms with Crippen molar-refractivity contribution in [2.45, 2.75) is 25.4 Å². The van der Waals surface area contributed by atoms with E-state index in [9.17, 15) is 5.11 Å². The zero-order valence-electron chi connectivity index (χ0n) is 14.3. The van der Waals surface area contributed by atoms with Gasteiger partial charge in [-0.2, -0.15) is 0 Å². The molecule has 2 saturated heterocycles. The smallest absolute Gasteiger partial charge is 0.0994 e. The fourth-order valence-electron chi connectivity index (χ4n) is 3.75. The number of ether oxygens (including phenoxy) is 1. The van der Waals surface area contributed by atoms with Gasteiger partial charge >= 0.3 is 0 Å². The van der Waals surface area contributed by atoms with Crippen molar-refractivity contribution in [3.63, 3.8) is 0 Å². The van der Waals surface area contributed by atoms with Crippen LogP contribution in [0.15, 0.2) is 30.3 Å². The van der Waals surface area contributed by atoms with Crippen molar-refractivity contribution in [1.29, 1.82) is 0 Å². The standard InChI is InChI=1S/C19H30N2O2/c1-19(22,18-5-3-2-4-6-18)16-21-11-9-20(10-12-21)15-17-7-13-23-14-8-17/h2-6,17,22H,7-16H2,1H3. The number of rotatable bonds is 5. The Hall–Kier alpha value is -0.940. The van der Waals surface area contributed by atoms with Gasteiger partial charge in [0.05, 0.1) is 5.60 Å². The van der Waals surface area contributed by atoms with Crippen LogP contribution in [0.5, 0.6) is 0 Å². The summed E-state index contributed by atoms with van der Waals surface area (Å²) in [4.78, 5) is 4.98. The van der Waals surface area contributed by atoms with Crippen LogP contribution in [0.4, 0.5) is 0 Å². The Morgan fingerprint density at radius 2 is 1.65 bits per heavy atom. The largest absolute Gasteiger partial charge is 0.384 e. The van der Waals surface area contributed by atoms with E-state index in [4.69, 9.17) is 4.74 Å². The third kappa shape index (κ3) is 4.77. The molecule has 1 unspecified atom stereocenters. The number of hydrogen-bond donors (Lipinski definition) is 1. The Bertz CT molecular complexity index is 464. The molecular weight excluding hydrogens is 288 g/mol. The fraction of sp³-hybridized carbons (Fsp3) is 0.684. The average molecular weight is 318 g/mol. The van der Waals surface area contributed by atoms with Crippen LogP contribution in [0.3, 0.4) is 0 Å². The number of benzene rings is 1. The molecule has 0 radical (unpaired) electrons. The maximum atomic E-state index is 10.8. The Labute approximate surface area is 140 Å². The summed E-state index contributed by atoms with van der Waals surface area (Å²) in [5.74, 6) is 0.808. The summed E-state index contributed by atoms with van der Waals surface area (Å²) in [6.07, 6.45) is 2.42. The van der Waals surface area contributed by atoms with Crippen molar-refractivity contribution < 1.29 is 9.84 Å². The van der Waals surface area contributed by atoms with Gasteiger partial charge in [-0.3, -0.25) is 4.90 Å². The third-order valence-electron chi connectivity index (χ3n) is 5.25. The summed E-state index contributed by atoms with van der Waals surface area (Å²) in [7, 11) is 0. The summed E-state index contributed by atoms with van der Waals surface area (Å²) in [6.45, 7) is 10.0. The molecule has 0 aliphatic carbocycles. The van der Waals surface area contributed by atoms with Crippen molar-refractivity contribution in [3.05, 3.63) is 35.9 Å². The number of aliphatic hydroxyl groups is 1. The molecule has 4 nitrogen and oxygen atoms in total. The summed E-state index contributed by atoms with van der Waals surface area (Å²) in [5.41, 5.74) is 0.231. The molecule has 1 aromatic rings. The maximum Gasteiger partial charge on any atom is 0.0994 e. The van der Waals surface area contributed by atoms with Gasteiger partial charge in [-0.1, -0.05) is 30.3 Å². The van der Waals surface area contributed by atoms with Crippen LogP contribution < -0.4 is 0 Å². The Morgan fingerprint density at radius 1 is 1.04 bits per heavy atom. The first-order chi connectivity index (χ1) is 11.1. The Kier molecular flexibility index (Phi) is 5.70. The van der Waals surface area contributed by atoms with E-state index in [0.29, 0.717) is 6.54 Å². The van der Waals surface area contributed by atoms with Crippen molar-refractivity contribution in [2.24, 2.45) is 5.92 Å². The molecule has 2 fully saturated rings. The van der Waals surface area contributed by atoms with E-state index < -0.39 is 5.60 Å². The number of piperazine rings is 1. The minimum Gasteiger partial charge on any atom is -0.384 e. The summed E-state index contributed by atoms with van der Waals surface area (Å²) in [5, 5.41) is 10.8. The first-order valence-electron chi connectivity index (χ1n) is 8.94. The Morgan fingerprint density at radius 3 is 2.30 bits per heavy atom. The molecule has 128 valence electrons. The molecular formula is C19H30N2O2. The second-order valence-electron chi connectivity index (χ2n) is 7.27. The van der Waals surface area contributed by atoms with Gasteiger partial charge in [0.2, 0.25) is 0 Å². The van der Waals surface area contributed by atoms with Gasteiger partial charge in [-0.15, -0.1) is 0 Å². The lowest BCUT2D eigenvalue weighted by Crippen LogP contribution is -2.51. The van der Waals surface area contributed by atoms with Crippen LogP contribution in [0.1, 0.15) is 25.3 Å². The minimum absolute atomic E-state index is 0.710. The highest BCUT2D eigenvalue weighted by Crippen LogP contribution is 2.23. The minimum atomic E-state index is -0.774. The van der Waals surface area contributed by atoms with E-state index in [1.54, 1.807) is 0 Å². The molecule has 23 heavy (non-hydrogen) atoms. The molecule has 0 saturated carbocycles. The highest BCUT2D eigenvalue weighted by atomic mass is 16.5. The lowest BCUT2D eigenvalue weighted by atomic mass is 9.95. The van der Waals surface area contributed by atoms with Gasteiger partial charge in [0.15, 0.2) is 0 Å². The van der Waals surface area contributed by atoms with Gasteiger partial charge in [0.1, 0.15) is 0 Å². The molecule has 0 spiro atoms. The topological polar surface area (TPSA) is 35.9 Å². The molecule has 1 N–H and O–H groups in total. The SMILES string of the molecule is CC(O)(CN1CCN(CC2CCOCC2)CC1)c1ccccc1. The summed E-state index contributed by atoms with van der Waals surface area (Å²) < 4.78 is 5.45. The van der Waals surface area contributed by atoms with Crippen molar-refractivity contribution in [2.75, 3.05) is 52.5 Å². The molecule has 2 aliphatic heterocycles. The summed E-state index contributed by atoms with van der Waals surface area (Å²) in [6, 6.07) is 10.0. The molecule has 1 atom stereocenters. The van der Waals surface area contributed by atoms with Crippen LogP contribution in [-0.4, -0.2) is 67.4 Å². The zero-order chi connectivity index (χ0) is 16.1. The Balaban J connectivity index is 1.45. The van der Waals surface area contributed by atoms with Crippen LogP contribution in [0.2, 0.25) is 0 Å². The average Bonchev–Trinajstić information content (AvgIpc) is 2.58. The molecule has 1 aromatic carbocycles. The van der Waals surface area contributed by atoms with E-state index in [2.05, 4.69) is 9.80 Å². The maximum absolute atomic E-state index is 10.8. The van der Waals surface area contributed by atoms with Gasteiger partial charge < -0.3 is 14.7 Å². The predicted molar refractivity (Wildman–Crippen MR) is 92.4 cm³/mol. The molecule has 3 rings (SSSR count).